The van der Waals surface area contributed by atoms with Crippen molar-refractivity contribution < 1.29 is 14.3 Å². The Morgan fingerprint density at radius 1 is 1.14 bits per heavy atom. The normalized spacial score (nSPS) is 13.1. The summed E-state index contributed by atoms with van der Waals surface area (Å²) in [5, 5.41) is 11.7. The topological polar surface area (TPSA) is 97.4 Å². The minimum absolute atomic E-state index is 0.00255. The maximum atomic E-state index is 12.7. The molecule has 5 rings (SSSR count). The first-order valence-electron chi connectivity index (χ1n) is 11.9. The zero-order valence-corrected chi connectivity index (χ0v) is 22.0. The summed E-state index contributed by atoms with van der Waals surface area (Å²) in [6.45, 7) is 3.71. The van der Waals surface area contributed by atoms with Gasteiger partial charge in [0.2, 0.25) is 11.8 Å². The number of anilines is 1. The zero-order chi connectivity index (χ0) is 24.9. The highest BCUT2D eigenvalue weighted by Gasteiger charge is 2.25. The zero-order valence-electron chi connectivity index (χ0n) is 20.3. The van der Waals surface area contributed by atoms with Crippen molar-refractivity contribution in [3.8, 4) is 27.6 Å². The van der Waals surface area contributed by atoms with Crippen LogP contribution in [0.5, 0.6) is 5.88 Å². The number of carbonyl (C=O) groups is 1. The molecule has 0 spiro atoms. The fraction of sp³-hybridized carbons (Fsp3) is 0.346. The van der Waals surface area contributed by atoms with E-state index < -0.39 is 0 Å². The van der Waals surface area contributed by atoms with Crippen LogP contribution in [-0.2, 0) is 22.5 Å². The Morgan fingerprint density at radius 2 is 2.03 bits per heavy atom. The largest absolute Gasteiger partial charge is 0.481 e. The van der Waals surface area contributed by atoms with Crippen LogP contribution in [0.4, 0.5) is 5.00 Å². The van der Waals surface area contributed by atoms with Crippen LogP contribution in [0.25, 0.3) is 31.9 Å². The Balaban J connectivity index is 1.43. The maximum absolute atomic E-state index is 12.7. The Kier molecular flexibility index (Phi) is 7.88. The average molecular weight is 524 g/mol. The molecule has 0 fully saturated rings. The van der Waals surface area contributed by atoms with Gasteiger partial charge in [-0.2, -0.15) is 0 Å². The first-order chi connectivity index (χ1) is 17.7. The smallest absolute Gasteiger partial charge is 0.226 e. The highest BCUT2D eigenvalue weighted by molar-refractivity contribution is 7.23. The molecule has 1 aliphatic rings. The van der Waals surface area contributed by atoms with Crippen molar-refractivity contribution in [2.24, 2.45) is 0 Å². The number of thiophene rings is 1. The number of amides is 1. The van der Waals surface area contributed by atoms with E-state index in [-0.39, 0.29) is 5.91 Å². The van der Waals surface area contributed by atoms with Crippen molar-refractivity contribution in [1.29, 1.82) is 0 Å². The van der Waals surface area contributed by atoms with Crippen LogP contribution in [0.15, 0.2) is 36.5 Å². The monoisotopic (exact) mass is 523 g/mol. The second-order valence-corrected chi connectivity index (χ2v) is 10.6. The molecule has 36 heavy (non-hydrogen) atoms. The van der Waals surface area contributed by atoms with E-state index in [1.54, 1.807) is 43.1 Å². The van der Waals surface area contributed by atoms with Gasteiger partial charge in [-0.3, -0.25) is 4.79 Å². The number of hydrogen-bond acceptors (Lipinski definition) is 9. The summed E-state index contributed by atoms with van der Waals surface area (Å²) in [5.41, 5.74) is 5.46. The molecule has 4 aromatic rings. The van der Waals surface area contributed by atoms with E-state index in [1.165, 1.54) is 10.4 Å². The molecule has 1 amide bonds. The fourth-order valence-electron chi connectivity index (χ4n) is 4.25. The number of pyridine rings is 1. The van der Waals surface area contributed by atoms with Gasteiger partial charge in [0.15, 0.2) is 0 Å². The van der Waals surface area contributed by atoms with Gasteiger partial charge >= 0.3 is 0 Å². The third kappa shape index (κ3) is 5.42. The van der Waals surface area contributed by atoms with E-state index >= 15 is 0 Å². The van der Waals surface area contributed by atoms with Crippen LogP contribution in [0.1, 0.15) is 16.9 Å². The van der Waals surface area contributed by atoms with Crippen LogP contribution in [0, 0.1) is 0 Å². The standard InChI is InChI=1S/C26H29N5O3S2/c1-33-12-11-27-9-7-22(32)31-26-24(18-6-8-28-15-21(18)36-26)25-30-19-4-3-16(13-20(19)35-25)17-5-10-29-23(14-17)34-2/h3-5,10,13-14,27-28H,6-9,11-12,15H2,1-2H3,(H,31,32). The van der Waals surface area contributed by atoms with Gasteiger partial charge < -0.3 is 25.4 Å². The van der Waals surface area contributed by atoms with E-state index in [0.29, 0.717) is 25.5 Å². The van der Waals surface area contributed by atoms with Crippen molar-refractivity contribution in [1.82, 2.24) is 20.6 Å². The molecule has 4 heterocycles. The van der Waals surface area contributed by atoms with Gasteiger partial charge in [-0.1, -0.05) is 6.07 Å². The number of methoxy groups -OCH3 is 2. The van der Waals surface area contributed by atoms with E-state index in [9.17, 15) is 4.79 Å². The first kappa shape index (κ1) is 24.8. The van der Waals surface area contributed by atoms with Crippen molar-refractivity contribution in [2.45, 2.75) is 19.4 Å². The lowest BCUT2D eigenvalue weighted by molar-refractivity contribution is -0.116. The highest BCUT2D eigenvalue weighted by atomic mass is 32.1. The Bertz CT molecular complexity index is 1370. The predicted octanol–water partition coefficient (Wildman–Crippen LogP) is 4.31. The summed E-state index contributed by atoms with van der Waals surface area (Å²) >= 11 is 3.32. The van der Waals surface area contributed by atoms with E-state index in [0.717, 1.165) is 63.0 Å². The molecule has 1 aromatic carbocycles. The highest BCUT2D eigenvalue weighted by Crippen LogP contribution is 2.45. The lowest BCUT2D eigenvalue weighted by Gasteiger charge is -2.13. The first-order valence-corrected chi connectivity index (χ1v) is 13.6. The molecule has 8 nitrogen and oxygen atoms in total. The molecule has 3 aromatic heterocycles. The quantitative estimate of drug-likeness (QED) is 0.267. The Hall–Kier alpha value is -2.89. The van der Waals surface area contributed by atoms with Gasteiger partial charge in [-0.15, -0.1) is 22.7 Å². The number of ether oxygens (including phenoxy) is 2. The number of rotatable bonds is 10. The number of aromatic nitrogens is 2. The molecule has 0 saturated carbocycles. The SMILES string of the molecule is COCCNCCC(=O)Nc1sc2c(c1-c1nc3ccc(-c4ccnc(OC)c4)cc3s1)CCNC2. The molecular formula is C26H29N5O3S2. The fourth-order valence-corrected chi connectivity index (χ4v) is 6.63. The molecule has 1 aliphatic heterocycles. The van der Waals surface area contributed by atoms with Crippen LogP contribution in [0.3, 0.4) is 0 Å². The number of carbonyl (C=O) groups excluding carboxylic acids is 1. The number of hydrogen-bond donors (Lipinski definition) is 3. The minimum Gasteiger partial charge on any atom is -0.481 e. The molecule has 10 heteroatoms. The van der Waals surface area contributed by atoms with Gasteiger partial charge in [0.25, 0.3) is 0 Å². The third-order valence-electron chi connectivity index (χ3n) is 6.07. The van der Waals surface area contributed by atoms with Crippen molar-refractivity contribution in [3.05, 3.63) is 47.0 Å². The molecule has 3 N–H and O–H groups in total. The lowest BCUT2D eigenvalue weighted by Crippen LogP contribution is -2.24. The van der Waals surface area contributed by atoms with Crippen LogP contribution in [-0.4, -0.2) is 56.3 Å². The molecule has 0 saturated heterocycles. The molecule has 0 aliphatic carbocycles. The molecule has 0 atom stereocenters. The van der Waals surface area contributed by atoms with Crippen LogP contribution in [0.2, 0.25) is 0 Å². The summed E-state index contributed by atoms with van der Waals surface area (Å²) < 4.78 is 11.4. The van der Waals surface area contributed by atoms with Crippen LogP contribution < -0.4 is 20.7 Å². The second-order valence-electron chi connectivity index (χ2n) is 8.46. The average Bonchev–Trinajstić information content (AvgIpc) is 3.48. The Labute approximate surface area is 218 Å². The number of fused-ring (bicyclic) bond motifs is 2. The third-order valence-corrected chi connectivity index (χ3v) is 8.26. The number of nitrogens with zero attached hydrogens (tertiary/aromatic N) is 2. The predicted molar refractivity (Wildman–Crippen MR) is 146 cm³/mol. The molecule has 0 bridgehead atoms. The molecular weight excluding hydrogens is 494 g/mol. The van der Waals surface area contributed by atoms with Gasteiger partial charge in [0, 0.05) is 55.9 Å². The van der Waals surface area contributed by atoms with E-state index in [2.05, 4.69) is 39.1 Å². The number of nitrogens with one attached hydrogen (secondary N) is 3. The summed E-state index contributed by atoms with van der Waals surface area (Å²) in [5.74, 6) is 0.591. The second kappa shape index (κ2) is 11.4. The summed E-state index contributed by atoms with van der Waals surface area (Å²) in [6, 6.07) is 10.2. The van der Waals surface area contributed by atoms with E-state index in [1.807, 2.05) is 12.1 Å². The summed E-state index contributed by atoms with van der Waals surface area (Å²) in [4.78, 5) is 23.2. The molecule has 188 valence electrons. The van der Waals surface area contributed by atoms with E-state index in [4.69, 9.17) is 14.5 Å². The molecule has 0 radical (unpaired) electrons. The maximum Gasteiger partial charge on any atom is 0.226 e. The number of benzene rings is 1. The van der Waals surface area contributed by atoms with Crippen molar-refractivity contribution in [3.63, 3.8) is 0 Å². The van der Waals surface area contributed by atoms with Gasteiger partial charge in [-0.05, 0) is 47.9 Å². The minimum atomic E-state index is 0.00255. The van der Waals surface area contributed by atoms with Gasteiger partial charge in [0.1, 0.15) is 10.0 Å². The van der Waals surface area contributed by atoms with Gasteiger partial charge in [0.05, 0.1) is 23.9 Å². The van der Waals surface area contributed by atoms with Crippen LogP contribution >= 0.6 is 22.7 Å². The Morgan fingerprint density at radius 3 is 2.89 bits per heavy atom. The van der Waals surface area contributed by atoms with Crippen molar-refractivity contribution >= 4 is 43.8 Å². The molecule has 0 unspecified atom stereocenters. The summed E-state index contributed by atoms with van der Waals surface area (Å²) in [6.07, 6.45) is 3.08. The number of thiazole rings is 1. The summed E-state index contributed by atoms with van der Waals surface area (Å²) in [7, 11) is 3.29. The van der Waals surface area contributed by atoms with Gasteiger partial charge in [-0.25, -0.2) is 9.97 Å². The lowest BCUT2D eigenvalue weighted by atomic mass is 10.0. The van der Waals surface area contributed by atoms with Crippen molar-refractivity contribution in [2.75, 3.05) is 45.8 Å².